The maximum Gasteiger partial charge on any atom is 0.271 e. The number of hydrazone groups is 1. The van der Waals surface area contributed by atoms with Crippen molar-refractivity contribution in [2.75, 3.05) is 6.61 Å². The van der Waals surface area contributed by atoms with Gasteiger partial charge in [-0.25, -0.2) is 5.43 Å². The Labute approximate surface area is 171 Å². The van der Waals surface area contributed by atoms with Crippen molar-refractivity contribution in [3.05, 3.63) is 95.6 Å². The molecule has 0 atom stereocenters. The van der Waals surface area contributed by atoms with Gasteiger partial charge in [-0.1, -0.05) is 49.4 Å². The van der Waals surface area contributed by atoms with Crippen LogP contribution in [0.2, 0.25) is 0 Å². The minimum atomic E-state index is -0.278. The fraction of sp³-hybridized carbons (Fsp3) is 0.167. The first kappa shape index (κ1) is 20.1. The smallest absolute Gasteiger partial charge is 0.271 e. The second-order valence-corrected chi connectivity index (χ2v) is 6.42. The van der Waals surface area contributed by atoms with Crippen LogP contribution < -0.4 is 14.9 Å². The summed E-state index contributed by atoms with van der Waals surface area (Å²) in [4.78, 5) is 12.2. The van der Waals surface area contributed by atoms with E-state index in [-0.39, 0.29) is 5.91 Å². The van der Waals surface area contributed by atoms with Crippen LogP contribution in [0.3, 0.4) is 0 Å². The standard InChI is InChI=1S/C24H24N2O3/c1-2-15-28-22-13-11-21(12-14-22)24(27)26-25-17-20-9-6-10-23(16-20)29-18-19-7-4-3-5-8-19/h3-14,16-17H,2,15,18H2,1H3,(H,26,27)/b25-17+. The first-order valence-corrected chi connectivity index (χ1v) is 9.57. The molecule has 0 heterocycles. The average Bonchev–Trinajstić information content (AvgIpc) is 2.77. The molecule has 1 amide bonds. The summed E-state index contributed by atoms with van der Waals surface area (Å²) in [5.41, 5.74) is 4.99. The fourth-order valence-corrected chi connectivity index (χ4v) is 2.58. The van der Waals surface area contributed by atoms with E-state index in [4.69, 9.17) is 9.47 Å². The van der Waals surface area contributed by atoms with Crippen molar-refractivity contribution in [1.29, 1.82) is 0 Å². The molecular formula is C24H24N2O3. The van der Waals surface area contributed by atoms with E-state index in [9.17, 15) is 4.79 Å². The molecule has 1 N–H and O–H groups in total. The van der Waals surface area contributed by atoms with Crippen molar-refractivity contribution < 1.29 is 14.3 Å². The van der Waals surface area contributed by atoms with Crippen LogP contribution in [0.4, 0.5) is 0 Å². The average molecular weight is 388 g/mol. The number of benzene rings is 3. The summed E-state index contributed by atoms with van der Waals surface area (Å²) in [6.07, 6.45) is 2.53. The minimum Gasteiger partial charge on any atom is -0.494 e. The number of carbonyl (C=O) groups excluding carboxylic acids is 1. The van der Waals surface area contributed by atoms with Crippen molar-refractivity contribution >= 4 is 12.1 Å². The zero-order valence-corrected chi connectivity index (χ0v) is 16.4. The summed E-state index contributed by atoms with van der Waals surface area (Å²) in [6.45, 7) is 3.20. The highest BCUT2D eigenvalue weighted by Gasteiger charge is 2.04. The third kappa shape index (κ3) is 6.50. The molecule has 0 saturated carbocycles. The van der Waals surface area contributed by atoms with Crippen LogP contribution in [0.5, 0.6) is 11.5 Å². The van der Waals surface area contributed by atoms with Gasteiger partial charge in [-0.05, 0) is 53.9 Å². The highest BCUT2D eigenvalue weighted by molar-refractivity contribution is 5.95. The van der Waals surface area contributed by atoms with Gasteiger partial charge in [-0.2, -0.15) is 5.10 Å². The van der Waals surface area contributed by atoms with Crippen LogP contribution in [-0.2, 0) is 6.61 Å². The first-order chi connectivity index (χ1) is 14.2. The van der Waals surface area contributed by atoms with Crippen molar-refractivity contribution in [3.63, 3.8) is 0 Å². The molecular weight excluding hydrogens is 364 g/mol. The van der Waals surface area contributed by atoms with Crippen molar-refractivity contribution in [2.45, 2.75) is 20.0 Å². The van der Waals surface area contributed by atoms with Gasteiger partial charge in [-0.15, -0.1) is 0 Å². The molecule has 0 radical (unpaired) electrons. The Bertz CT molecular complexity index is 938. The Morgan fingerprint density at radius 2 is 1.72 bits per heavy atom. The van der Waals surface area contributed by atoms with E-state index >= 15 is 0 Å². The van der Waals surface area contributed by atoms with Crippen LogP contribution in [0.15, 0.2) is 84.0 Å². The molecule has 29 heavy (non-hydrogen) atoms. The zero-order valence-electron chi connectivity index (χ0n) is 16.4. The number of ether oxygens (including phenoxy) is 2. The second-order valence-electron chi connectivity index (χ2n) is 6.42. The lowest BCUT2D eigenvalue weighted by atomic mass is 10.2. The lowest BCUT2D eigenvalue weighted by Crippen LogP contribution is -2.17. The molecule has 5 heteroatoms. The van der Waals surface area contributed by atoms with Crippen LogP contribution in [-0.4, -0.2) is 18.7 Å². The molecule has 0 aliphatic rings. The quantitative estimate of drug-likeness (QED) is 0.422. The number of rotatable bonds is 9. The van der Waals surface area contributed by atoms with Gasteiger partial charge in [0.05, 0.1) is 12.8 Å². The molecule has 3 rings (SSSR count). The molecule has 5 nitrogen and oxygen atoms in total. The number of nitrogens with zero attached hydrogens (tertiary/aromatic N) is 1. The molecule has 0 bridgehead atoms. The Morgan fingerprint density at radius 3 is 2.48 bits per heavy atom. The van der Waals surface area contributed by atoms with Gasteiger partial charge in [0.25, 0.3) is 5.91 Å². The van der Waals surface area contributed by atoms with Gasteiger partial charge in [0.2, 0.25) is 0 Å². The van der Waals surface area contributed by atoms with E-state index in [1.54, 1.807) is 30.5 Å². The topological polar surface area (TPSA) is 59.9 Å². The largest absolute Gasteiger partial charge is 0.494 e. The van der Waals surface area contributed by atoms with Gasteiger partial charge >= 0.3 is 0 Å². The molecule has 3 aromatic rings. The summed E-state index contributed by atoms with van der Waals surface area (Å²) in [6, 6.07) is 24.5. The fourth-order valence-electron chi connectivity index (χ4n) is 2.58. The lowest BCUT2D eigenvalue weighted by molar-refractivity contribution is 0.0955. The van der Waals surface area contributed by atoms with Gasteiger partial charge in [0.15, 0.2) is 0 Å². The first-order valence-electron chi connectivity index (χ1n) is 9.57. The summed E-state index contributed by atoms with van der Waals surface area (Å²) >= 11 is 0. The van der Waals surface area contributed by atoms with Crippen molar-refractivity contribution in [2.24, 2.45) is 5.10 Å². The van der Waals surface area contributed by atoms with E-state index in [0.29, 0.717) is 18.8 Å². The number of nitrogens with one attached hydrogen (secondary N) is 1. The molecule has 0 saturated heterocycles. The predicted molar refractivity (Wildman–Crippen MR) is 115 cm³/mol. The second kappa shape index (κ2) is 10.7. The predicted octanol–water partition coefficient (Wildman–Crippen LogP) is 4.82. The third-order valence-electron chi connectivity index (χ3n) is 4.08. The zero-order chi connectivity index (χ0) is 20.3. The van der Waals surface area contributed by atoms with Crippen LogP contribution in [0.1, 0.15) is 34.8 Å². The Hall–Kier alpha value is -3.60. The minimum absolute atomic E-state index is 0.278. The number of amides is 1. The summed E-state index contributed by atoms with van der Waals surface area (Å²) in [7, 11) is 0. The van der Waals surface area contributed by atoms with Gasteiger partial charge < -0.3 is 9.47 Å². The molecule has 0 aliphatic carbocycles. The SMILES string of the molecule is CCCOc1ccc(C(=O)N/N=C/c2cccc(OCc3ccccc3)c2)cc1. The number of hydrogen-bond donors (Lipinski definition) is 1. The summed E-state index contributed by atoms with van der Waals surface area (Å²) in [5, 5.41) is 4.04. The molecule has 3 aromatic carbocycles. The molecule has 0 fully saturated rings. The van der Waals surface area contributed by atoms with E-state index < -0.39 is 0 Å². The van der Waals surface area contributed by atoms with Gasteiger partial charge in [0.1, 0.15) is 18.1 Å². The van der Waals surface area contributed by atoms with E-state index in [2.05, 4.69) is 10.5 Å². The Balaban J connectivity index is 1.52. The summed E-state index contributed by atoms with van der Waals surface area (Å²) in [5.74, 6) is 1.21. The van der Waals surface area contributed by atoms with Crippen LogP contribution in [0, 0.1) is 0 Å². The van der Waals surface area contributed by atoms with Crippen LogP contribution >= 0.6 is 0 Å². The monoisotopic (exact) mass is 388 g/mol. The van der Waals surface area contributed by atoms with Gasteiger partial charge in [0, 0.05) is 5.56 Å². The maximum atomic E-state index is 12.2. The van der Waals surface area contributed by atoms with E-state index in [1.165, 1.54) is 0 Å². The Kier molecular flexibility index (Phi) is 7.41. The summed E-state index contributed by atoms with van der Waals surface area (Å²) < 4.78 is 11.3. The molecule has 0 aliphatic heterocycles. The highest BCUT2D eigenvalue weighted by atomic mass is 16.5. The Morgan fingerprint density at radius 1 is 0.931 bits per heavy atom. The van der Waals surface area contributed by atoms with Crippen molar-refractivity contribution in [1.82, 2.24) is 5.43 Å². The highest BCUT2D eigenvalue weighted by Crippen LogP contribution is 2.15. The normalized spacial score (nSPS) is 10.7. The van der Waals surface area contributed by atoms with Gasteiger partial charge in [-0.3, -0.25) is 4.79 Å². The van der Waals surface area contributed by atoms with E-state index in [1.807, 2.05) is 61.5 Å². The van der Waals surface area contributed by atoms with Crippen LogP contribution in [0.25, 0.3) is 0 Å². The molecule has 0 unspecified atom stereocenters. The van der Waals surface area contributed by atoms with E-state index in [0.717, 1.165) is 29.0 Å². The molecule has 148 valence electrons. The molecule has 0 aromatic heterocycles. The third-order valence-corrected chi connectivity index (χ3v) is 4.08. The number of carbonyl (C=O) groups is 1. The maximum absolute atomic E-state index is 12.2. The number of hydrogen-bond acceptors (Lipinski definition) is 4. The van der Waals surface area contributed by atoms with Crippen molar-refractivity contribution in [3.8, 4) is 11.5 Å². The molecule has 0 spiro atoms. The lowest BCUT2D eigenvalue weighted by Gasteiger charge is -2.07.